The molecule has 5 heteroatoms. The van der Waals surface area contributed by atoms with E-state index in [1.165, 1.54) is 29.8 Å². The average Bonchev–Trinajstić information content (AvgIpc) is 3.24. The largest absolute Gasteiger partial charge is 0.376 e. The fourth-order valence-corrected chi connectivity index (χ4v) is 5.37. The Morgan fingerprint density at radius 1 is 1.27 bits per heavy atom. The first kappa shape index (κ1) is 14.7. The van der Waals surface area contributed by atoms with Crippen molar-refractivity contribution in [2.45, 2.75) is 50.8 Å². The highest BCUT2D eigenvalue weighted by atomic mass is 32.1. The summed E-state index contributed by atoms with van der Waals surface area (Å²) in [5.41, 5.74) is 1.23. The Balaban J connectivity index is 1.55. The molecule has 0 saturated carbocycles. The van der Waals surface area contributed by atoms with Crippen molar-refractivity contribution in [2.24, 2.45) is 0 Å². The van der Waals surface area contributed by atoms with Crippen LogP contribution in [0.3, 0.4) is 0 Å². The Kier molecular flexibility index (Phi) is 3.96. The number of amides is 1. The summed E-state index contributed by atoms with van der Waals surface area (Å²) in [6.45, 7) is 3.56. The predicted octanol–water partition coefficient (Wildman–Crippen LogP) is 2.52. The highest BCUT2D eigenvalue weighted by molar-refractivity contribution is 7.14. The van der Waals surface area contributed by atoms with Crippen LogP contribution >= 0.6 is 11.3 Å². The van der Waals surface area contributed by atoms with Crippen LogP contribution < -0.4 is 0 Å². The van der Waals surface area contributed by atoms with Gasteiger partial charge in [0.25, 0.3) is 5.91 Å². The van der Waals surface area contributed by atoms with Crippen LogP contribution in [-0.2, 0) is 17.8 Å². The number of hydrogen-bond donors (Lipinski definition) is 0. The van der Waals surface area contributed by atoms with E-state index >= 15 is 0 Å². The van der Waals surface area contributed by atoms with E-state index in [2.05, 4.69) is 22.9 Å². The summed E-state index contributed by atoms with van der Waals surface area (Å²) in [5, 5.41) is 0. The van der Waals surface area contributed by atoms with E-state index in [0.29, 0.717) is 18.7 Å². The normalized spacial score (nSPS) is 29.0. The van der Waals surface area contributed by atoms with E-state index < -0.39 is 0 Å². The Labute approximate surface area is 136 Å². The summed E-state index contributed by atoms with van der Waals surface area (Å²) in [6, 6.07) is 3.05. The van der Waals surface area contributed by atoms with Crippen LogP contribution in [0, 0.1) is 0 Å². The number of fused-ring (bicyclic) bond motifs is 1. The van der Waals surface area contributed by atoms with Crippen molar-refractivity contribution in [2.75, 3.05) is 26.7 Å². The van der Waals surface area contributed by atoms with Gasteiger partial charge in [-0.25, -0.2) is 0 Å². The van der Waals surface area contributed by atoms with Crippen LogP contribution in [0.4, 0.5) is 0 Å². The van der Waals surface area contributed by atoms with Gasteiger partial charge in [-0.3, -0.25) is 4.79 Å². The number of carbonyl (C=O) groups excluding carboxylic acids is 1. The summed E-state index contributed by atoms with van der Waals surface area (Å²) < 4.78 is 5.51. The van der Waals surface area contributed by atoms with E-state index in [4.69, 9.17) is 4.74 Å². The molecule has 0 aromatic carbocycles. The zero-order chi connectivity index (χ0) is 15.1. The van der Waals surface area contributed by atoms with Crippen LogP contribution in [0.1, 0.15) is 45.8 Å². The number of nitrogens with zero attached hydrogens (tertiary/aromatic N) is 2. The second-order valence-electron chi connectivity index (χ2n) is 6.76. The Bertz CT molecular complexity index is 548. The fraction of sp³-hybridized carbons (Fsp3) is 0.706. The molecule has 22 heavy (non-hydrogen) atoms. The molecule has 0 unspecified atom stereocenters. The molecule has 1 amide bonds. The maximum Gasteiger partial charge on any atom is 0.264 e. The van der Waals surface area contributed by atoms with Crippen LogP contribution in [0.2, 0.25) is 0 Å². The molecule has 0 aliphatic carbocycles. The zero-order valence-corrected chi connectivity index (χ0v) is 14.0. The molecule has 2 saturated heterocycles. The number of hydrogen-bond acceptors (Lipinski definition) is 4. The van der Waals surface area contributed by atoms with Gasteiger partial charge in [0, 0.05) is 29.9 Å². The van der Waals surface area contributed by atoms with E-state index in [1.807, 2.05) is 0 Å². The smallest absolute Gasteiger partial charge is 0.264 e. The van der Waals surface area contributed by atoms with Crippen molar-refractivity contribution in [3.8, 4) is 0 Å². The maximum atomic E-state index is 13.0. The molecule has 4 rings (SSSR count). The van der Waals surface area contributed by atoms with Gasteiger partial charge in [0.15, 0.2) is 0 Å². The van der Waals surface area contributed by atoms with Crippen LogP contribution in [0.15, 0.2) is 6.07 Å². The lowest BCUT2D eigenvalue weighted by Crippen LogP contribution is -2.46. The summed E-state index contributed by atoms with van der Waals surface area (Å²) in [5.74, 6) is 0.252. The molecule has 4 nitrogen and oxygen atoms in total. The summed E-state index contributed by atoms with van der Waals surface area (Å²) in [7, 11) is 2.21. The number of carbonyl (C=O) groups is 1. The van der Waals surface area contributed by atoms with Gasteiger partial charge < -0.3 is 14.5 Å². The third-order valence-electron chi connectivity index (χ3n) is 5.42. The lowest BCUT2D eigenvalue weighted by Gasteiger charge is -2.33. The Morgan fingerprint density at radius 2 is 2.09 bits per heavy atom. The van der Waals surface area contributed by atoms with Crippen molar-refractivity contribution in [3.63, 3.8) is 0 Å². The van der Waals surface area contributed by atoms with Gasteiger partial charge in [-0.2, -0.15) is 0 Å². The lowest BCUT2D eigenvalue weighted by atomic mass is 10.0. The molecule has 2 fully saturated rings. The monoisotopic (exact) mass is 320 g/mol. The Morgan fingerprint density at radius 3 is 2.86 bits per heavy atom. The second kappa shape index (κ2) is 5.95. The third kappa shape index (κ3) is 2.49. The first-order valence-corrected chi connectivity index (χ1v) is 9.26. The van der Waals surface area contributed by atoms with Crippen molar-refractivity contribution in [3.05, 3.63) is 21.4 Å². The minimum absolute atomic E-state index is 0.252. The quantitative estimate of drug-likeness (QED) is 0.839. The first-order chi connectivity index (χ1) is 10.7. The topological polar surface area (TPSA) is 32.8 Å². The molecule has 0 radical (unpaired) electrons. The SMILES string of the molecule is CN1CCC[C@@H]1[C@H]1CCCN1C(=O)c1cc2c(s1)CCOC2. The van der Waals surface area contributed by atoms with E-state index in [-0.39, 0.29) is 5.91 Å². The first-order valence-electron chi connectivity index (χ1n) is 8.44. The number of rotatable bonds is 2. The van der Waals surface area contributed by atoms with Crippen LogP contribution in [0.5, 0.6) is 0 Å². The number of likely N-dealkylation sites (tertiary alicyclic amines) is 2. The van der Waals surface area contributed by atoms with E-state index in [0.717, 1.165) is 37.3 Å². The van der Waals surface area contributed by atoms with E-state index in [1.54, 1.807) is 11.3 Å². The van der Waals surface area contributed by atoms with Crippen LogP contribution in [0.25, 0.3) is 0 Å². The van der Waals surface area contributed by atoms with Gasteiger partial charge in [-0.15, -0.1) is 11.3 Å². The van der Waals surface area contributed by atoms with Gasteiger partial charge in [-0.05, 0) is 50.9 Å². The number of thiophene rings is 1. The van der Waals surface area contributed by atoms with Gasteiger partial charge in [0.1, 0.15) is 0 Å². The number of ether oxygens (including phenoxy) is 1. The highest BCUT2D eigenvalue weighted by Gasteiger charge is 2.39. The lowest BCUT2D eigenvalue weighted by molar-refractivity contribution is 0.0669. The van der Waals surface area contributed by atoms with Crippen molar-refractivity contribution >= 4 is 17.2 Å². The van der Waals surface area contributed by atoms with E-state index in [9.17, 15) is 4.79 Å². The molecule has 4 heterocycles. The molecular weight excluding hydrogens is 296 g/mol. The van der Waals surface area contributed by atoms with Crippen molar-refractivity contribution < 1.29 is 9.53 Å². The molecule has 0 N–H and O–H groups in total. The molecule has 0 spiro atoms. The standard InChI is InChI=1S/C17H24N2O2S/c1-18-7-2-4-13(18)14-5-3-8-19(14)17(20)16-10-12-11-21-9-6-15(12)22-16/h10,13-14H,2-9,11H2,1H3/t13-,14-/m1/s1. The molecule has 120 valence electrons. The van der Waals surface area contributed by atoms with Gasteiger partial charge in [0.2, 0.25) is 0 Å². The Hall–Kier alpha value is -0.910. The molecule has 2 atom stereocenters. The molecule has 1 aromatic heterocycles. The summed E-state index contributed by atoms with van der Waals surface area (Å²) >= 11 is 1.69. The summed E-state index contributed by atoms with van der Waals surface area (Å²) in [4.78, 5) is 19.9. The third-order valence-corrected chi connectivity index (χ3v) is 6.64. The number of likely N-dealkylation sites (N-methyl/N-ethyl adjacent to an activating group) is 1. The van der Waals surface area contributed by atoms with Crippen molar-refractivity contribution in [1.29, 1.82) is 0 Å². The van der Waals surface area contributed by atoms with Gasteiger partial charge >= 0.3 is 0 Å². The minimum Gasteiger partial charge on any atom is -0.376 e. The highest BCUT2D eigenvalue weighted by Crippen LogP contribution is 2.33. The van der Waals surface area contributed by atoms with Gasteiger partial charge in [0.05, 0.1) is 18.1 Å². The van der Waals surface area contributed by atoms with Crippen LogP contribution in [-0.4, -0.2) is 54.5 Å². The predicted molar refractivity (Wildman–Crippen MR) is 87.4 cm³/mol. The molecule has 3 aliphatic heterocycles. The maximum absolute atomic E-state index is 13.0. The average molecular weight is 320 g/mol. The summed E-state index contributed by atoms with van der Waals surface area (Å²) in [6.07, 6.45) is 5.77. The molecule has 1 aromatic rings. The van der Waals surface area contributed by atoms with Crippen molar-refractivity contribution in [1.82, 2.24) is 9.80 Å². The molecule has 0 bridgehead atoms. The second-order valence-corrected chi connectivity index (χ2v) is 7.90. The molecular formula is C17H24N2O2S. The fourth-order valence-electron chi connectivity index (χ4n) is 4.26. The molecule has 3 aliphatic rings. The van der Waals surface area contributed by atoms with Gasteiger partial charge in [-0.1, -0.05) is 0 Å². The zero-order valence-electron chi connectivity index (χ0n) is 13.2. The minimum atomic E-state index is 0.252.